The van der Waals surface area contributed by atoms with E-state index in [1.165, 1.54) is 0 Å². The van der Waals surface area contributed by atoms with Crippen molar-refractivity contribution < 1.29 is 57.1 Å². The smallest absolute Gasteiger partial charge is 0.204 e. The summed E-state index contributed by atoms with van der Waals surface area (Å²) < 4.78 is 181. The molecule has 0 aromatic heterocycles. The van der Waals surface area contributed by atoms with Gasteiger partial charge in [0, 0.05) is 10.9 Å². The zero-order valence-electron chi connectivity index (χ0n) is 15.6. The number of hydrogen-bond acceptors (Lipinski definition) is 0. The van der Waals surface area contributed by atoms with Crippen LogP contribution in [-0.2, 0) is 0 Å². The van der Waals surface area contributed by atoms with Crippen LogP contribution < -0.4 is 16.4 Å². The Labute approximate surface area is 175 Å². The average molecular weight is 490 g/mol. The Bertz CT molecular complexity index is 1190. The first-order valence-electron chi connectivity index (χ1n) is 8.40. The summed E-state index contributed by atoms with van der Waals surface area (Å²) in [7, 11) is 0. The molecule has 0 radical (unpaired) electrons. The monoisotopic (exact) mass is 490 g/mol. The highest BCUT2D eigenvalue weighted by Crippen LogP contribution is 2.22. The van der Waals surface area contributed by atoms with Gasteiger partial charge in [-0.3, -0.25) is 0 Å². The minimum atomic E-state index is -3.20. The first-order chi connectivity index (χ1) is 15.2. The Morgan fingerprint density at radius 3 is 1.06 bits per heavy atom. The Balaban J connectivity index is 2.62. The van der Waals surface area contributed by atoms with E-state index in [0.29, 0.717) is 6.92 Å². The second kappa shape index (κ2) is 8.30. The van der Waals surface area contributed by atoms with Crippen LogP contribution >= 0.6 is 0 Å². The fourth-order valence-electron chi connectivity index (χ4n) is 3.21. The quantitative estimate of drug-likeness (QED) is 0.222. The maximum atomic E-state index is 14.5. The zero-order chi connectivity index (χ0) is 25.1. The first kappa shape index (κ1) is 24.5. The van der Waals surface area contributed by atoms with Gasteiger partial charge in [-0.1, -0.05) is 5.46 Å². The van der Waals surface area contributed by atoms with Gasteiger partial charge in [-0.2, -0.15) is 0 Å². The lowest BCUT2D eigenvalue weighted by atomic mass is 9.35. The highest BCUT2D eigenvalue weighted by atomic mass is 19.2. The van der Waals surface area contributed by atoms with E-state index in [1.54, 1.807) is 0 Å². The number of halogens is 13. The van der Waals surface area contributed by atoms with Crippen molar-refractivity contribution in [3.63, 3.8) is 0 Å². The summed E-state index contributed by atoms with van der Waals surface area (Å²) in [5.41, 5.74) is -6.99. The number of rotatable bonds is 3. The van der Waals surface area contributed by atoms with Gasteiger partial charge in [0.1, 0.15) is 0 Å². The van der Waals surface area contributed by atoms with Crippen LogP contribution in [0, 0.1) is 82.5 Å². The molecule has 0 nitrogen and oxygen atoms in total. The lowest BCUT2D eigenvalue weighted by Gasteiger charge is -2.22. The molecule has 0 saturated heterocycles. The maximum Gasteiger partial charge on any atom is 0.257 e. The third kappa shape index (κ3) is 3.51. The van der Waals surface area contributed by atoms with E-state index in [0.717, 1.165) is 0 Å². The summed E-state index contributed by atoms with van der Waals surface area (Å²) in [5.74, 6) is -34.0. The molecule has 3 aromatic carbocycles. The van der Waals surface area contributed by atoms with Crippen molar-refractivity contribution >= 4 is 23.1 Å². The fraction of sp³-hybridized carbons (Fsp3) is 0.0526. The van der Waals surface area contributed by atoms with Gasteiger partial charge in [0.25, 0.3) is 6.71 Å². The van der Waals surface area contributed by atoms with E-state index >= 15 is 0 Å². The van der Waals surface area contributed by atoms with Crippen LogP contribution in [0.2, 0.25) is 0 Å². The molecule has 0 aliphatic rings. The van der Waals surface area contributed by atoms with Gasteiger partial charge in [0.2, 0.25) is 0 Å². The zero-order valence-corrected chi connectivity index (χ0v) is 15.6. The molecule has 0 spiro atoms. The van der Waals surface area contributed by atoms with Crippen molar-refractivity contribution in [1.29, 1.82) is 0 Å². The Morgan fingerprint density at radius 2 is 0.727 bits per heavy atom. The summed E-state index contributed by atoms with van der Waals surface area (Å²) >= 11 is 0. The second-order valence-electron chi connectivity index (χ2n) is 6.60. The summed E-state index contributed by atoms with van der Waals surface area (Å²) in [6, 6.07) is -0.144. The standard InChI is InChI=1S/C19H4BF13/c1-3-4(2-5(21)9(23)8(3)22)20(6-10(24)14(28)18(32)15(29)11(6)25)7-12(26)16(30)19(33)17(31)13(7)27/h2H,1H3. The van der Waals surface area contributed by atoms with Gasteiger partial charge in [0.05, 0.1) is 0 Å². The van der Waals surface area contributed by atoms with Gasteiger partial charge in [0.15, 0.2) is 75.6 Å². The Kier molecular flexibility index (Phi) is 6.15. The van der Waals surface area contributed by atoms with Crippen molar-refractivity contribution in [1.82, 2.24) is 0 Å². The van der Waals surface area contributed by atoms with Gasteiger partial charge in [-0.25, -0.2) is 57.1 Å². The molecule has 0 fully saturated rings. The number of hydrogen-bond donors (Lipinski definition) is 0. The third-order valence-electron chi connectivity index (χ3n) is 4.82. The molecule has 0 saturated carbocycles. The van der Waals surface area contributed by atoms with E-state index in [4.69, 9.17) is 0 Å². The molecule has 174 valence electrons. The molecule has 14 heteroatoms. The predicted octanol–water partition coefficient (Wildman–Crippen LogP) is 4.32. The van der Waals surface area contributed by atoms with Crippen LogP contribution in [0.25, 0.3) is 0 Å². The molecule has 0 unspecified atom stereocenters. The van der Waals surface area contributed by atoms with Crippen LogP contribution in [0.3, 0.4) is 0 Å². The minimum Gasteiger partial charge on any atom is -0.204 e. The van der Waals surface area contributed by atoms with E-state index in [1.807, 2.05) is 0 Å². The Hall–Kier alpha value is -3.19. The van der Waals surface area contributed by atoms with Crippen LogP contribution in [0.4, 0.5) is 57.1 Å². The molecule has 0 amide bonds. The molecule has 3 rings (SSSR count). The minimum absolute atomic E-state index is 0.144. The van der Waals surface area contributed by atoms with E-state index in [2.05, 4.69) is 0 Å². The average Bonchev–Trinajstić information content (AvgIpc) is 2.79. The van der Waals surface area contributed by atoms with Crippen LogP contribution in [0.15, 0.2) is 6.07 Å². The predicted molar refractivity (Wildman–Crippen MR) is 88.2 cm³/mol. The normalized spacial score (nSPS) is 11.3. The van der Waals surface area contributed by atoms with Gasteiger partial charge >= 0.3 is 0 Å². The topological polar surface area (TPSA) is 0 Å². The Morgan fingerprint density at radius 1 is 0.424 bits per heavy atom. The molecule has 0 aliphatic carbocycles. The second-order valence-corrected chi connectivity index (χ2v) is 6.60. The van der Waals surface area contributed by atoms with Crippen molar-refractivity contribution in [2.45, 2.75) is 6.92 Å². The van der Waals surface area contributed by atoms with E-state index in [9.17, 15) is 57.1 Å². The van der Waals surface area contributed by atoms with Crippen LogP contribution in [0.5, 0.6) is 0 Å². The first-order valence-corrected chi connectivity index (χ1v) is 8.40. The molecule has 3 aromatic rings. The molecule has 0 aliphatic heterocycles. The summed E-state index contributed by atoms with van der Waals surface area (Å²) in [4.78, 5) is 0. The highest BCUT2D eigenvalue weighted by Gasteiger charge is 2.42. The van der Waals surface area contributed by atoms with E-state index in [-0.39, 0.29) is 6.07 Å². The molecule has 0 N–H and O–H groups in total. The fourth-order valence-corrected chi connectivity index (χ4v) is 3.21. The SMILES string of the molecule is Cc1c(B(c2c(F)c(F)c(F)c(F)c2F)c2c(F)c(F)c(F)c(F)c2F)cc(F)c(F)c1F. The van der Waals surface area contributed by atoms with Gasteiger partial charge < -0.3 is 0 Å². The molecular weight excluding hydrogens is 486 g/mol. The largest absolute Gasteiger partial charge is 0.257 e. The lowest BCUT2D eigenvalue weighted by Crippen LogP contribution is -2.59. The maximum absolute atomic E-state index is 14.5. The lowest BCUT2D eigenvalue weighted by molar-refractivity contribution is 0.382. The van der Waals surface area contributed by atoms with Crippen LogP contribution in [-0.4, -0.2) is 6.71 Å². The molecule has 0 atom stereocenters. The molecule has 33 heavy (non-hydrogen) atoms. The van der Waals surface area contributed by atoms with Crippen molar-refractivity contribution in [2.24, 2.45) is 0 Å². The third-order valence-corrected chi connectivity index (χ3v) is 4.82. The van der Waals surface area contributed by atoms with Crippen LogP contribution in [0.1, 0.15) is 5.56 Å². The van der Waals surface area contributed by atoms with Crippen molar-refractivity contribution in [3.8, 4) is 0 Å². The number of benzene rings is 3. The molecular formula is C19H4BF13. The molecule has 0 heterocycles. The highest BCUT2D eigenvalue weighted by molar-refractivity contribution is 6.96. The van der Waals surface area contributed by atoms with E-state index < -0.39 is 104 Å². The summed E-state index contributed by atoms with van der Waals surface area (Å²) in [6.45, 7) is -2.66. The summed E-state index contributed by atoms with van der Waals surface area (Å²) in [6.07, 6.45) is 0. The summed E-state index contributed by atoms with van der Waals surface area (Å²) in [5, 5.41) is 0. The van der Waals surface area contributed by atoms with Gasteiger partial charge in [-0.05, 0) is 18.6 Å². The van der Waals surface area contributed by atoms with Gasteiger partial charge in [-0.15, -0.1) is 0 Å². The van der Waals surface area contributed by atoms with Crippen molar-refractivity contribution in [3.05, 3.63) is 87.3 Å². The molecule has 0 bridgehead atoms. The van der Waals surface area contributed by atoms with Crippen molar-refractivity contribution in [2.75, 3.05) is 0 Å².